The fraction of sp³-hybridized carbons (Fsp3) is 0.167. The van der Waals surface area contributed by atoms with E-state index >= 15 is 0 Å². The molecule has 4 rings (SSSR count). The van der Waals surface area contributed by atoms with Crippen LogP contribution in [0.5, 0.6) is 11.5 Å². The maximum absolute atomic E-state index is 12.1. The van der Waals surface area contributed by atoms with Gasteiger partial charge in [0.2, 0.25) is 24.4 Å². The van der Waals surface area contributed by atoms with Gasteiger partial charge in [0.15, 0.2) is 11.5 Å². The highest BCUT2D eigenvalue weighted by Gasteiger charge is 2.15. The van der Waals surface area contributed by atoms with Crippen molar-refractivity contribution < 1.29 is 18.8 Å². The van der Waals surface area contributed by atoms with Crippen LogP contribution in [0.2, 0.25) is 5.02 Å². The van der Waals surface area contributed by atoms with E-state index in [9.17, 15) is 4.79 Å². The Morgan fingerprint density at radius 1 is 1.12 bits per heavy atom. The lowest BCUT2D eigenvalue weighted by Gasteiger charge is -2.05. The molecule has 0 fully saturated rings. The summed E-state index contributed by atoms with van der Waals surface area (Å²) in [5, 5.41) is 7.37. The van der Waals surface area contributed by atoms with Gasteiger partial charge in [0, 0.05) is 35.2 Å². The lowest BCUT2D eigenvalue weighted by atomic mass is 10.2. The molecular formula is C18H14ClN3O4. The van der Waals surface area contributed by atoms with Crippen LogP contribution >= 0.6 is 11.6 Å². The molecule has 1 aliphatic rings. The summed E-state index contributed by atoms with van der Waals surface area (Å²) in [6.45, 7) is 0.194. The van der Waals surface area contributed by atoms with Crippen molar-refractivity contribution in [2.75, 3.05) is 12.1 Å². The molecule has 1 N–H and O–H groups in total. The van der Waals surface area contributed by atoms with Gasteiger partial charge in [-0.05, 0) is 36.4 Å². The average molecular weight is 372 g/mol. The molecule has 0 bridgehead atoms. The number of anilines is 1. The van der Waals surface area contributed by atoms with E-state index in [1.807, 2.05) is 12.1 Å². The topological polar surface area (TPSA) is 86.5 Å². The molecule has 0 aliphatic carbocycles. The van der Waals surface area contributed by atoms with Crippen molar-refractivity contribution in [3.8, 4) is 22.9 Å². The van der Waals surface area contributed by atoms with E-state index in [1.54, 1.807) is 30.3 Å². The second-order valence-electron chi connectivity index (χ2n) is 5.63. The van der Waals surface area contributed by atoms with E-state index in [-0.39, 0.29) is 19.1 Å². The maximum atomic E-state index is 12.1. The minimum absolute atomic E-state index is 0.157. The Bertz CT molecular complexity index is 940. The highest BCUT2D eigenvalue weighted by molar-refractivity contribution is 6.30. The molecule has 26 heavy (non-hydrogen) atoms. The number of ether oxygens (including phenoxy) is 2. The smallest absolute Gasteiger partial charge is 0.231 e. The van der Waals surface area contributed by atoms with Crippen LogP contribution in [0.1, 0.15) is 12.3 Å². The molecule has 8 heteroatoms. The summed E-state index contributed by atoms with van der Waals surface area (Å²) >= 11 is 5.86. The SMILES string of the molecule is O=C(CCc1nc(-c2ccc(Cl)cc2)no1)Nc1ccc2c(c1)OCO2. The Hall–Kier alpha value is -3.06. The molecule has 1 aromatic heterocycles. The summed E-state index contributed by atoms with van der Waals surface area (Å²) in [7, 11) is 0. The molecule has 0 spiro atoms. The minimum atomic E-state index is -0.157. The van der Waals surface area contributed by atoms with Crippen LogP contribution < -0.4 is 14.8 Å². The number of nitrogens with one attached hydrogen (secondary N) is 1. The number of carbonyl (C=O) groups excluding carboxylic acids is 1. The third-order valence-electron chi connectivity index (χ3n) is 3.79. The highest BCUT2D eigenvalue weighted by atomic mass is 35.5. The van der Waals surface area contributed by atoms with Gasteiger partial charge in [0.25, 0.3) is 0 Å². The normalized spacial score (nSPS) is 12.2. The van der Waals surface area contributed by atoms with Crippen LogP contribution in [0.25, 0.3) is 11.4 Å². The second-order valence-corrected chi connectivity index (χ2v) is 6.07. The van der Waals surface area contributed by atoms with Gasteiger partial charge in [0.1, 0.15) is 0 Å². The molecule has 7 nitrogen and oxygen atoms in total. The molecule has 1 amide bonds. The number of hydrogen-bond acceptors (Lipinski definition) is 6. The number of nitrogens with zero attached hydrogens (tertiary/aromatic N) is 2. The Labute approximate surface area is 153 Å². The van der Waals surface area contributed by atoms with Crippen LogP contribution in [-0.4, -0.2) is 22.8 Å². The van der Waals surface area contributed by atoms with E-state index < -0.39 is 0 Å². The first-order valence-electron chi connectivity index (χ1n) is 7.95. The Morgan fingerprint density at radius 2 is 1.92 bits per heavy atom. The van der Waals surface area contributed by atoms with Gasteiger partial charge in [-0.3, -0.25) is 4.79 Å². The molecule has 132 valence electrons. The summed E-state index contributed by atoms with van der Waals surface area (Å²) in [6.07, 6.45) is 0.563. The first-order valence-corrected chi connectivity index (χ1v) is 8.33. The van der Waals surface area contributed by atoms with Crippen LogP contribution in [0.3, 0.4) is 0 Å². The molecule has 0 saturated carbocycles. The van der Waals surface area contributed by atoms with Crippen LogP contribution in [-0.2, 0) is 11.2 Å². The summed E-state index contributed by atoms with van der Waals surface area (Å²) in [5.41, 5.74) is 1.45. The lowest BCUT2D eigenvalue weighted by Crippen LogP contribution is -2.12. The Morgan fingerprint density at radius 3 is 2.77 bits per heavy atom. The summed E-state index contributed by atoms with van der Waals surface area (Å²) in [5.74, 6) is 2.00. The molecule has 1 aliphatic heterocycles. The fourth-order valence-corrected chi connectivity index (χ4v) is 2.62. The molecule has 0 atom stereocenters. The van der Waals surface area contributed by atoms with Crippen molar-refractivity contribution >= 4 is 23.2 Å². The molecular weight excluding hydrogens is 358 g/mol. The lowest BCUT2D eigenvalue weighted by molar-refractivity contribution is -0.116. The molecule has 0 saturated heterocycles. The summed E-state index contributed by atoms with van der Waals surface area (Å²) in [4.78, 5) is 16.4. The van der Waals surface area contributed by atoms with Crippen molar-refractivity contribution in [1.29, 1.82) is 0 Å². The standard InChI is InChI=1S/C18H14ClN3O4/c19-12-3-1-11(2-4-12)18-21-17(26-22-18)8-7-16(23)20-13-5-6-14-15(9-13)25-10-24-14/h1-6,9H,7-8,10H2,(H,20,23). The maximum Gasteiger partial charge on any atom is 0.231 e. The number of halogens is 1. The second kappa shape index (κ2) is 7.05. The van der Waals surface area contributed by atoms with Gasteiger partial charge in [-0.15, -0.1) is 0 Å². The average Bonchev–Trinajstić information content (AvgIpc) is 3.29. The third-order valence-corrected chi connectivity index (χ3v) is 4.04. The van der Waals surface area contributed by atoms with E-state index in [0.29, 0.717) is 40.3 Å². The van der Waals surface area contributed by atoms with Gasteiger partial charge in [0.05, 0.1) is 0 Å². The van der Waals surface area contributed by atoms with E-state index in [1.165, 1.54) is 0 Å². The predicted octanol–water partition coefficient (Wildman–Crippen LogP) is 3.69. The number of rotatable bonds is 5. The van der Waals surface area contributed by atoms with Crippen molar-refractivity contribution in [2.45, 2.75) is 12.8 Å². The largest absolute Gasteiger partial charge is 0.454 e. The number of carbonyl (C=O) groups is 1. The zero-order valence-corrected chi connectivity index (χ0v) is 14.3. The van der Waals surface area contributed by atoms with Gasteiger partial charge >= 0.3 is 0 Å². The highest BCUT2D eigenvalue weighted by Crippen LogP contribution is 2.34. The first kappa shape index (κ1) is 16.4. The summed E-state index contributed by atoms with van der Waals surface area (Å²) < 4.78 is 15.7. The number of fused-ring (bicyclic) bond motifs is 1. The van der Waals surface area contributed by atoms with E-state index in [4.69, 9.17) is 25.6 Å². The number of aromatic nitrogens is 2. The van der Waals surface area contributed by atoms with Crippen molar-refractivity contribution in [1.82, 2.24) is 10.1 Å². The monoisotopic (exact) mass is 371 g/mol. The van der Waals surface area contributed by atoms with E-state index in [0.717, 1.165) is 5.56 Å². The van der Waals surface area contributed by atoms with Crippen LogP contribution in [0.15, 0.2) is 47.0 Å². The third kappa shape index (κ3) is 3.62. The predicted molar refractivity (Wildman–Crippen MR) is 94.3 cm³/mol. The molecule has 3 aromatic rings. The Balaban J connectivity index is 1.34. The number of amides is 1. The molecule has 0 unspecified atom stereocenters. The molecule has 0 radical (unpaired) electrons. The fourth-order valence-electron chi connectivity index (χ4n) is 2.49. The van der Waals surface area contributed by atoms with Crippen molar-refractivity contribution in [3.63, 3.8) is 0 Å². The zero-order valence-electron chi connectivity index (χ0n) is 13.6. The number of aryl methyl sites for hydroxylation is 1. The zero-order chi connectivity index (χ0) is 17.9. The van der Waals surface area contributed by atoms with Crippen LogP contribution in [0, 0.1) is 0 Å². The van der Waals surface area contributed by atoms with Gasteiger partial charge < -0.3 is 19.3 Å². The molecule has 2 aromatic carbocycles. The van der Waals surface area contributed by atoms with Gasteiger partial charge in [-0.2, -0.15) is 4.98 Å². The first-order chi connectivity index (χ1) is 12.7. The van der Waals surface area contributed by atoms with Crippen LogP contribution in [0.4, 0.5) is 5.69 Å². The van der Waals surface area contributed by atoms with Gasteiger partial charge in [-0.25, -0.2) is 0 Å². The quantitative estimate of drug-likeness (QED) is 0.736. The number of benzene rings is 2. The number of hydrogen-bond donors (Lipinski definition) is 1. The van der Waals surface area contributed by atoms with Crippen molar-refractivity contribution in [2.24, 2.45) is 0 Å². The summed E-state index contributed by atoms with van der Waals surface area (Å²) in [6, 6.07) is 12.4. The van der Waals surface area contributed by atoms with Gasteiger partial charge in [-0.1, -0.05) is 16.8 Å². The van der Waals surface area contributed by atoms with Crippen molar-refractivity contribution in [3.05, 3.63) is 53.4 Å². The minimum Gasteiger partial charge on any atom is -0.454 e. The molecule has 2 heterocycles. The Kier molecular flexibility index (Phi) is 4.45. The van der Waals surface area contributed by atoms with E-state index in [2.05, 4.69) is 15.5 Å².